The van der Waals surface area contributed by atoms with Gasteiger partial charge in [-0.15, -0.1) is 11.3 Å². The van der Waals surface area contributed by atoms with E-state index in [0.29, 0.717) is 5.75 Å². The summed E-state index contributed by atoms with van der Waals surface area (Å²) in [5.41, 5.74) is 3.50. The molecule has 2 aromatic carbocycles. The van der Waals surface area contributed by atoms with Gasteiger partial charge in [-0.05, 0) is 53.8 Å². The number of carbonyl (C=O) groups excluding carboxylic acids is 1. The van der Waals surface area contributed by atoms with Gasteiger partial charge in [0, 0.05) is 15.8 Å². The molecule has 0 saturated carbocycles. The van der Waals surface area contributed by atoms with E-state index in [2.05, 4.69) is 50.2 Å². The van der Waals surface area contributed by atoms with E-state index in [1.54, 1.807) is 0 Å². The molecule has 0 radical (unpaired) electrons. The van der Waals surface area contributed by atoms with Crippen LogP contribution >= 0.6 is 11.3 Å². The van der Waals surface area contributed by atoms with Gasteiger partial charge in [-0.3, -0.25) is 0 Å². The van der Waals surface area contributed by atoms with E-state index in [0.717, 1.165) is 30.4 Å². The molecule has 1 heterocycles. The number of hydrogen-bond acceptors (Lipinski definition) is 3. The van der Waals surface area contributed by atoms with Crippen LogP contribution in [0.4, 0.5) is 0 Å². The lowest BCUT2D eigenvalue weighted by Crippen LogP contribution is -2.03. The normalized spacial score (nSPS) is 11.1. The molecule has 0 aliphatic heterocycles. The number of carbonyl (C=O) groups is 1. The number of rotatable bonds is 8. The van der Waals surface area contributed by atoms with E-state index in [-0.39, 0.29) is 5.97 Å². The van der Waals surface area contributed by atoms with E-state index in [1.165, 1.54) is 27.8 Å². The van der Waals surface area contributed by atoms with Crippen molar-refractivity contribution in [3.63, 3.8) is 0 Å². The minimum absolute atomic E-state index is 0.330. The van der Waals surface area contributed by atoms with Crippen molar-refractivity contribution in [1.82, 2.24) is 0 Å². The Morgan fingerprint density at radius 2 is 1.50 bits per heavy atom. The molecule has 0 saturated heterocycles. The highest BCUT2D eigenvalue weighted by molar-refractivity contribution is 7.15. The molecule has 0 unspecified atom stereocenters. The van der Waals surface area contributed by atoms with Gasteiger partial charge in [0.1, 0.15) is 5.75 Å². The molecule has 0 aliphatic carbocycles. The van der Waals surface area contributed by atoms with E-state index in [4.69, 9.17) is 4.74 Å². The highest BCUT2D eigenvalue weighted by atomic mass is 32.1. The number of esters is 1. The quantitative estimate of drug-likeness (QED) is 0.229. The zero-order valence-corrected chi connectivity index (χ0v) is 17.3. The second-order valence-electron chi connectivity index (χ2n) is 6.73. The molecule has 1 aromatic heterocycles. The zero-order chi connectivity index (χ0) is 19.8. The summed E-state index contributed by atoms with van der Waals surface area (Å²) in [7, 11) is 0. The molecule has 144 valence electrons. The van der Waals surface area contributed by atoms with Crippen LogP contribution in [-0.2, 0) is 11.2 Å². The summed E-state index contributed by atoms with van der Waals surface area (Å²) >= 11 is 1.87. The maximum atomic E-state index is 11.7. The molecule has 0 spiro atoms. The van der Waals surface area contributed by atoms with Crippen LogP contribution < -0.4 is 4.74 Å². The molecule has 0 aliphatic rings. The molecule has 3 heteroatoms. The Bertz CT molecular complexity index is 918. The van der Waals surface area contributed by atoms with E-state index >= 15 is 0 Å². The van der Waals surface area contributed by atoms with Crippen LogP contribution in [0.15, 0.2) is 72.8 Å². The Morgan fingerprint density at radius 1 is 0.857 bits per heavy atom. The van der Waals surface area contributed by atoms with Crippen LogP contribution in [-0.4, -0.2) is 5.97 Å². The molecule has 28 heavy (non-hydrogen) atoms. The van der Waals surface area contributed by atoms with E-state index in [1.807, 2.05) is 41.7 Å². The van der Waals surface area contributed by atoms with Gasteiger partial charge in [0.25, 0.3) is 0 Å². The zero-order valence-electron chi connectivity index (χ0n) is 16.5. The van der Waals surface area contributed by atoms with Crippen molar-refractivity contribution in [2.24, 2.45) is 0 Å². The van der Waals surface area contributed by atoms with Gasteiger partial charge in [-0.2, -0.15) is 0 Å². The fraction of sp³-hybridized carbons (Fsp3) is 0.240. The lowest BCUT2D eigenvalue weighted by atomic mass is 10.0. The molecule has 0 amide bonds. The van der Waals surface area contributed by atoms with E-state index in [9.17, 15) is 4.79 Å². The largest absolute Gasteiger partial charge is 0.423 e. The number of thiophene rings is 1. The fourth-order valence-electron chi connectivity index (χ4n) is 2.95. The van der Waals surface area contributed by atoms with Crippen LogP contribution in [0.2, 0.25) is 0 Å². The third-order valence-electron chi connectivity index (χ3n) is 4.44. The summed E-state index contributed by atoms with van der Waals surface area (Å²) in [6.07, 6.45) is 7.57. The number of ether oxygens (including phenoxy) is 1. The van der Waals surface area contributed by atoms with Crippen LogP contribution in [0.25, 0.3) is 21.6 Å². The summed E-state index contributed by atoms with van der Waals surface area (Å²) in [5.74, 6) is 0.234. The summed E-state index contributed by atoms with van der Waals surface area (Å²) in [6, 6.07) is 20.7. The predicted octanol–water partition coefficient (Wildman–Crippen LogP) is 7.30. The maximum absolute atomic E-state index is 11.7. The second kappa shape index (κ2) is 10.0. The molecule has 3 aromatic rings. The Hall–Kier alpha value is -2.65. The summed E-state index contributed by atoms with van der Waals surface area (Å²) in [5, 5.41) is 0. The smallest absolute Gasteiger partial charge is 0.335 e. The van der Waals surface area contributed by atoms with Gasteiger partial charge >= 0.3 is 5.97 Å². The summed E-state index contributed by atoms with van der Waals surface area (Å²) < 4.78 is 5.33. The first-order valence-corrected chi connectivity index (χ1v) is 10.7. The van der Waals surface area contributed by atoms with Gasteiger partial charge in [0.2, 0.25) is 0 Å². The number of unbranched alkanes of at least 4 members (excludes halogenated alkanes) is 1. The lowest BCUT2D eigenvalue weighted by Gasteiger charge is -2.06. The average Bonchev–Trinajstić information content (AvgIpc) is 3.18. The first-order valence-electron chi connectivity index (χ1n) is 9.87. The van der Waals surface area contributed by atoms with Gasteiger partial charge in [-0.25, -0.2) is 4.79 Å². The Balaban J connectivity index is 1.65. The summed E-state index contributed by atoms with van der Waals surface area (Å²) in [6.45, 7) is 4.29. The van der Waals surface area contributed by atoms with Crippen molar-refractivity contribution in [2.75, 3.05) is 0 Å². The molecule has 0 fully saturated rings. The molecular formula is C25H26O2S. The number of benzene rings is 2. The summed E-state index contributed by atoms with van der Waals surface area (Å²) in [4.78, 5) is 14.5. The minimum atomic E-state index is -0.330. The first-order chi connectivity index (χ1) is 13.7. The van der Waals surface area contributed by atoms with Crippen molar-refractivity contribution in [2.45, 2.75) is 39.5 Å². The lowest BCUT2D eigenvalue weighted by molar-refractivity contribution is -0.129. The molecule has 0 atom stereocenters. The number of aryl methyl sites for hydroxylation is 1. The first kappa shape index (κ1) is 20.1. The van der Waals surface area contributed by atoms with Crippen LogP contribution in [0.3, 0.4) is 0 Å². The SMILES string of the molecule is CCC/C=C/C(=O)Oc1ccc(-c2ccc(-c3ccc(CCC)s3)cc2)cc1. The maximum Gasteiger partial charge on any atom is 0.335 e. The van der Waals surface area contributed by atoms with E-state index < -0.39 is 0 Å². The van der Waals surface area contributed by atoms with Gasteiger partial charge in [-0.1, -0.05) is 69.2 Å². The highest BCUT2D eigenvalue weighted by Gasteiger charge is 2.05. The Morgan fingerprint density at radius 3 is 2.14 bits per heavy atom. The molecular weight excluding hydrogens is 364 g/mol. The monoisotopic (exact) mass is 390 g/mol. The Kier molecular flexibility index (Phi) is 7.21. The third-order valence-corrected chi connectivity index (χ3v) is 5.64. The van der Waals surface area contributed by atoms with Crippen molar-refractivity contribution >= 4 is 17.3 Å². The van der Waals surface area contributed by atoms with Crippen molar-refractivity contribution < 1.29 is 9.53 Å². The van der Waals surface area contributed by atoms with Crippen molar-refractivity contribution in [3.8, 4) is 27.3 Å². The highest BCUT2D eigenvalue weighted by Crippen LogP contribution is 2.31. The predicted molar refractivity (Wildman–Crippen MR) is 119 cm³/mol. The van der Waals surface area contributed by atoms with Crippen molar-refractivity contribution in [3.05, 3.63) is 77.7 Å². The van der Waals surface area contributed by atoms with Crippen LogP contribution in [0.1, 0.15) is 38.0 Å². The second-order valence-corrected chi connectivity index (χ2v) is 7.90. The van der Waals surface area contributed by atoms with Crippen LogP contribution in [0, 0.1) is 0 Å². The van der Waals surface area contributed by atoms with Gasteiger partial charge in [0.15, 0.2) is 0 Å². The average molecular weight is 391 g/mol. The number of hydrogen-bond donors (Lipinski definition) is 0. The number of allylic oxidation sites excluding steroid dienone is 1. The Labute approximate surface area is 171 Å². The fourth-order valence-corrected chi connectivity index (χ4v) is 4.07. The molecule has 0 N–H and O–H groups in total. The molecule has 2 nitrogen and oxygen atoms in total. The molecule has 3 rings (SSSR count). The van der Waals surface area contributed by atoms with Crippen LogP contribution in [0.5, 0.6) is 5.75 Å². The van der Waals surface area contributed by atoms with Gasteiger partial charge < -0.3 is 4.74 Å². The van der Waals surface area contributed by atoms with Crippen molar-refractivity contribution in [1.29, 1.82) is 0 Å². The minimum Gasteiger partial charge on any atom is -0.423 e. The standard InChI is InChI=1S/C25H26O2S/c1-3-5-6-8-25(26)27-22-15-13-20(14-16-22)19-9-11-21(12-10-19)24-18-17-23(28-24)7-4-2/h6,8-18H,3-5,7H2,1-2H3/b8-6+. The van der Waals surface area contributed by atoms with Gasteiger partial charge in [0.05, 0.1) is 0 Å². The third kappa shape index (κ3) is 5.43. The topological polar surface area (TPSA) is 26.3 Å². The molecule has 0 bridgehead atoms.